The van der Waals surface area contributed by atoms with Crippen LogP contribution in [0.25, 0.3) is 11.4 Å². The summed E-state index contributed by atoms with van der Waals surface area (Å²) in [6.45, 7) is 13.0. The Morgan fingerprint density at radius 2 is 1.68 bits per heavy atom. The van der Waals surface area contributed by atoms with Crippen molar-refractivity contribution in [3.63, 3.8) is 0 Å². The first-order valence-electron chi connectivity index (χ1n) is 12.3. The van der Waals surface area contributed by atoms with Crippen molar-refractivity contribution in [2.45, 2.75) is 90.1 Å². The van der Waals surface area contributed by atoms with E-state index in [0.29, 0.717) is 11.6 Å². The summed E-state index contributed by atoms with van der Waals surface area (Å²) < 4.78 is 0. The van der Waals surface area contributed by atoms with E-state index in [2.05, 4.69) is 64.0 Å². The monoisotopic (exact) mass is 459 g/mol. The zero-order valence-electron chi connectivity index (χ0n) is 21.3. The van der Waals surface area contributed by atoms with Gasteiger partial charge in [0.25, 0.3) is 0 Å². The van der Waals surface area contributed by atoms with Gasteiger partial charge in [0.2, 0.25) is 5.82 Å². The lowest BCUT2D eigenvalue weighted by Gasteiger charge is -2.28. The summed E-state index contributed by atoms with van der Waals surface area (Å²) in [5, 5.41) is 24.5. The average Bonchev–Trinajstić information content (AvgIpc) is 3.28. The van der Waals surface area contributed by atoms with E-state index in [0.717, 1.165) is 42.4 Å². The third-order valence-electron chi connectivity index (χ3n) is 6.67. The second kappa shape index (κ2) is 9.32. The highest BCUT2D eigenvalue weighted by Gasteiger charge is 2.29. The van der Waals surface area contributed by atoms with Gasteiger partial charge >= 0.3 is 0 Å². The first-order valence-corrected chi connectivity index (χ1v) is 12.3. The molecular weight excluding hydrogens is 422 g/mol. The summed E-state index contributed by atoms with van der Waals surface area (Å²) in [5.41, 5.74) is 3.69. The van der Waals surface area contributed by atoms with Crippen molar-refractivity contribution in [3.8, 4) is 17.1 Å². The molecule has 34 heavy (non-hydrogen) atoms. The van der Waals surface area contributed by atoms with Crippen molar-refractivity contribution < 1.29 is 5.11 Å². The Kier molecular flexibility index (Phi) is 6.61. The topological polar surface area (TPSA) is 76.2 Å². The van der Waals surface area contributed by atoms with Crippen LogP contribution in [0, 0.1) is 0 Å². The maximum atomic E-state index is 11.1. The molecule has 0 unspecified atom stereocenters. The largest absolute Gasteiger partial charge is 0.507 e. The van der Waals surface area contributed by atoms with E-state index in [1.54, 1.807) is 4.80 Å². The number of phenolic OH excluding ortho intramolecular Hbond substituents is 1. The molecule has 1 aliphatic rings. The van der Waals surface area contributed by atoms with Gasteiger partial charge in [-0.15, -0.1) is 10.2 Å². The van der Waals surface area contributed by atoms with Crippen molar-refractivity contribution in [1.82, 2.24) is 20.2 Å². The van der Waals surface area contributed by atoms with E-state index in [9.17, 15) is 5.11 Å². The number of rotatable bonds is 4. The van der Waals surface area contributed by atoms with Crippen LogP contribution in [0.3, 0.4) is 0 Å². The molecular formula is C28H37N5O. The Hall–Kier alpha value is -3.02. The van der Waals surface area contributed by atoms with Crippen molar-refractivity contribution in [2.75, 3.05) is 0 Å². The highest BCUT2D eigenvalue weighted by Crippen LogP contribution is 2.37. The summed E-state index contributed by atoms with van der Waals surface area (Å²) in [7, 11) is 0. The number of hydrogen-bond acceptors (Lipinski definition) is 5. The molecule has 0 radical (unpaired) electrons. The van der Waals surface area contributed by atoms with E-state index >= 15 is 0 Å². The Bertz CT molecular complexity index is 1150. The molecule has 0 bridgehead atoms. The van der Waals surface area contributed by atoms with Crippen LogP contribution < -0.4 is 0 Å². The predicted octanol–water partition coefficient (Wildman–Crippen LogP) is 6.24. The lowest BCUT2D eigenvalue weighted by molar-refractivity contribution is 0.262. The molecule has 1 aromatic heterocycles. The minimum Gasteiger partial charge on any atom is -0.507 e. The standard InChI is InChI=1S/C28H37N5O/c1-27(2,3)21-16-20(25(34)22(17-21)28(4,5)6)18-29-23-14-10-11-15-24(23)33-31-26(30-32-33)19-12-8-7-9-13-19/h7-9,12-13,16-18,23-24,34H,10-11,14-15H2,1-6H3/t23-,24-/m0/s1. The number of aromatic nitrogens is 4. The molecule has 0 spiro atoms. The Morgan fingerprint density at radius 3 is 2.35 bits per heavy atom. The smallest absolute Gasteiger partial charge is 0.204 e. The second-order valence-corrected chi connectivity index (χ2v) is 11.5. The van der Waals surface area contributed by atoms with Crippen molar-refractivity contribution in [1.29, 1.82) is 0 Å². The third kappa shape index (κ3) is 5.21. The number of aliphatic imine (C=N–C) groups is 1. The Balaban J connectivity index is 1.65. The number of phenols is 1. The van der Waals surface area contributed by atoms with Crippen molar-refractivity contribution in [3.05, 3.63) is 59.2 Å². The van der Waals surface area contributed by atoms with Crippen LogP contribution in [0.5, 0.6) is 5.75 Å². The summed E-state index contributed by atoms with van der Waals surface area (Å²) in [5.74, 6) is 0.959. The van der Waals surface area contributed by atoms with Gasteiger partial charge in [0.15, 0.2) is 0 Å². The van der Waals surface area contributed by atoms with Crippen LogP contribution in [-0.2, 0) is 10.8 Å². The summed E-state index contributed by atoms with van der Waals surface area (Å²) >= 11 is 0. The third-order valence-corrected chi connectivity index (χ3v) is 6.67. The molecule has 180 valence electrons. The first-order chi connectivity index (χ1) is 16.0. The Labute approximate surface area is 203 Å². The van der Waals surface area contributed by atoms with Crippen LogP contribution in [0.15, 0.2) is 47.5 Å². The van der Waals surface area contributed by atoms with Gasteiger partial charge < -0.3 is 5.11 Å². The minimum absolute atomic E-state index is 0.0256. The SMILES string of the molecule is CC(C)(C)c1cc(C=N[C@H]2CCCC[C@@H]2n2nnc(-c3ccccc3)n2)c(O)c(C(C)(C)C)c1. The lowest BCUT2D eigenvalue weighted by Crippen LogP contribution is -2.28. The van der Waals surface area contributed by atoms with Gasteiger partial charge in [-0.1, -0.05) is 90.8 Å². The molecule has 3 aromatic rings. The summed E-state index contributed by atoms with van der Waals surface area (Å²) in [6, 6.07) is 14.3. The maximum Gasteiger partial charge on any atom is 0.204 e. The molecule has 1 aliphatic carbocycles. The van der Waals surface area contributed by atoms with Gasteiger partial charge in [0.05, 0.1) is 12.1 Å². The molecule has 0 aliphatic heterocycles. The average molecular weight is 460 g/mol. The molecule has 1 fully saturated rings. The summed E-state index contributed by atoms with van der Waals surface area (Å²) in [4.78, 5) is 6.73. The molecule has 1 heterocycles. The fourth-order valence-corrected chi connectivity index (χ4v) is 4.54. The van der Waals surface area contributed by atoms with Crippen LogP contribution >= 0.6 is 0 Å². The number of aromatic hydroxyl groups is 1. The molecule has 2 atom stereocenters. The van der Waals surface area contributed by atoms with Gasteiger partial charge in [-0.05, 0) is 40.5 Å². The lowest BCUT2D eigenvalue weighted by atomic mass is 9.79. The zero-order chi connectivity index (χ0) is 24.5. The second-order valence-electron chi connectivity index (χ2n) is 11.5. The Morgan fingerprint density at radius 1 is 0.971 bits per heavy atom. The predicted molar refractivity (Wildman–Crippen MR) is 138 cm³/mol. The first kappa shape index (κ1) is 24.1. The van der Waals surface area contributed by atoms with Crippen molar-refractivity contribution in [2.24, 2.45) is 4.99 Å². The number of benzene rings is 2. The number of tetrazole rings is 1. The fraction of sp³-hybridized carbons (Fsp3) is 0.500. The molecule has 1 N–H and O–H groups in total. The molecule has 2 aromatic carbocycles. The number of nitrogens with zero attached hydrogens (tertiary/aromatic N) is 5. The van der Waals surface area contributed by atoms with Crippen LogP contribution in [0.2, 0.25) is 0 Å². The van der Waals surface area contributed by atoms with Crippen LogP contribution in [0.4, 0.5) is 0 Å². The summed E-state index contributed by atoms with van der Waals surface area (Å²) in [6.07, 6.45) is 6.04. The molecule has 0 amide bonds. The van der Waals surface area contributed by atoms with E-state index in [4.69, 9.17) is 10.1 Å². The van der Waals surface area contributed by atoms with Crippen molar-refractivity contribution >= 4 is 6.21 Å². The van der Waals surface area contributed by atoms with E-state index < -0.39 is 0 Å². The van der Waals surface area contributed by atoms with Crippen LogP contribution in [0.1, 0.15) is 90.0 Å². The molecule has 1 saturated carbocycles. The fourth-order valence-electron chi connectivity index (χ4n) is 4.54. The zero-order valence-corrected chi connectivity index (χ0v) is 21.3. The van der Waals surface area contributed by atoms with E-state index in [1.807, 2.05) is 36.5 Å². The van der Waals surface area contributed by atoms with E-state index in [1.165, 1.54) is 5.56 Å². The van der Waals surface area contributed by atoms with Gasteiger partial charge in [-0.2, -0.15) is 4.80 Å². The molecule has 4 rings (SSSR count). The van der Waals surface area contributed by atoms with Gasteiger partial charge in [0, 0.05) is 22.9 Å². The highest BCUT2D eigenvalue weighted by atomic mass is 16.3. The highest BCUT2D eigenvalue weighted by molar-refractivity contribution is 5.85. The molecule has 6 nitrogen and oxygen atoms in total. The van der Waals surface area contributed by atoms with E-state index in [-0.39, 0.29) is 22.9 Å². The van der Waals surface area contributed by atoms with Gasteiger partial charge in [-0.25, -0.2) is 0 Å². The van der Waals surface area contributed by atoms with Gasteiger partial charge in [0.1, 0.15) is 5.75 Å². The van der Waals surface area contributed by atoms with Crippen LogP contribution in [-0.4, -0.2) is 37.6 Å². The maximum absolute atomic E-state index is 11.1. The minimum atomic E-state index is -0.167. The molecule has 0 saturated heterocycles. The molecule has 6 heteroatoms. The quantitative estimate of drug-likeness (QED) is 0.468. The number of hydrogen-bond donors (Lipinski definition) is 1. The van der Waals surface area contributed by atoms with Gasteiger partial charge in [-0.3, -0.25) is 4.99 Å². The normalized spacial score (nSPS) is 19.6.